The summed E-state index contributed by atoms with van der Waals surface area (Å²) in [6.45, 7) is 1.80. The van der Waals surface area contributed by atoms with Crippen molar-refractivity contribution in [2.24, 2.45) is 0 Å². The molecule has 0 saturated heterocycles. The zero-order valence-electron chi connectivity index (χ0n) is 16.1. The van der Waals surface area contributed by atoms with Gasteiger partial charge >= 0.3 is 0 Å². The minimum absolute atomic E-state index is 0.0493. The Hall–Kier alpha value is -2.29. The molecule has 0 aliphatic carbocycles. The van der Waals surface area contributed by atoms with Crippen LogP contribution in [0.3, 0.4) is 0 Å². The Kier molecular flexibility index (Phi) is 8.10. The highest BCUT2D eigenvalue weighted by atomic mass is 32.2. The van der Waals surface area contributed by atoms with Gasteiger partial charge in [-0.25, -0.2) is 12.8 Å². The van der Waals surface area contributed by atoms with Crippen LogP contribution < -0.4 is 5.32 Å². The van der Waals surface area contributed by atoms with Gasteiger partial charge in [0.2, 0.25) is 15.9 Å². The Morgan fingerprint density at radius 1 is 1.04 bits per heavy atom. The number of nitrogens with zero attached hydrogens (tertiary/aromatic N) is 2. The maximum atomic E-state index is 13.0. The summed E-state index contributed by atoms with van der Waals surface area (Å²) in [7, 11) is -0.495. The third-order valence-electron chi connectivity index (χ3n) is 4.22. The van der Waals surface area contributed by atoms with E-state index < -0.39 is 15.8 Å². The maximum Gasteiger partial charge on any atom is 0.243 e. The SMILES string of the molecule is CN(CCCNC(=O)CN(C)S(=O)(=O)c1ccc(F)cc1)Cc1ccccc1. The second-order valence-electron chi connectivity index (χ2n) is 6.64. The van der Waals surface area contributed by atoms with Gasteiger partial charge in [0.15, 0.2) is 0 Å². The van der Waals surface area contributed by atoms with Crippen molar-refractivity contribution in [1.82, 2.24) is 14.5 Å². The van der Waals surface area contributed by atoms with Crippen LogP contribution in [-0.4, -0.2) is 57.3 Å². The molecule has 0 saturated carbocycles. The minimum Gasteiger partial charge on any atom is -0.355 e. The Morgan fingerprint density at radius 2 is 1.68 bits per heavy atom. The first-order valence-electron chi connectivity index (χ1n) is 9.00. The van der Waals surface area contributed by atoms with Crippen molar-refractivity contribution in [2.75, 3.05) is 33.7 Å². The fourth-order valence-corrected chi connectivity index (χ4v) is 3.81. The normalized spacial score (nSPS) is 11.8. The first-order valence-corrected chi connectivity index (χ1v) is 10.4. The molecule has 0 atom stereocenters. The van der Waals surface area contributed by atoms with E-state index in [0.29, 0.717) is 6.54 Å². The van der Waals surface area contributed by atoms with Crippen LogP contribution in [0, 0.1) is 5.82 Å². The molecule has 0 spiro atoms. The average Bonchev–Trinajstić information content (AvgIpc) is 2.66. The number of sulfonamides is 1. The van der Waals surface area contributed by atoms with Crippen LogP contribution in [0.5, 0.6) is 0 Å². The van der Waals surface area contributed by atoms with Crippen molar-refractivity contribution in [3.05, 3.63) is 66.0 Å². The molecule has 0 aliphatic rings. The summed E-state index contributed by atoms with van der Waals surface area (Å²) in [6, 6.07) is 14.6. The molecule has 0 aromatic heterocycles. The summed E-state index contributed by atoms with van der Waals surface area (Å²) in [5.41, 5.74) is 1.22. The van der Waals surface area contributed by atoms with Crippen molar-refractivity contribution in [1.29, 1.82) is 0 Å². The molecule has 8 heteroatoms. The highest BCUT2D eigenvalue weighted by molar-refractivity contribution is 7.89. The predicted octanol–water partition coefficient (Wildman–Crippen LogP) is 2.08. The van der Waals surface area contributed by atoms with Gasteiger partial charge in [0.05, 0.1) is 11.4 Å². The van der Waals surface area contributed by atoms with E-state index >= 15 is 0 Å². The molecule has 1 amide bonds. The molecule has 1 N–H and O–H groups in total. The third kappa shape index (κ3) is 6.70. The van der Waals surface area contributed by atoms with Crippen LogP contribution in [0.25, 0.3) is 0 Å². The number of nitrogens with one attached hydrogen (secondary N) is 1. The smallest absolute Gasteiger partial charge is 0.243 e. The van der Waals surface area contributed by atoms with E-state index in [9.17, 15) is 17.6 Å². The average molecular weight is 408 g/mol. The standard InChI is InChI=1S/C20H26FN3O3S/c1-23(15-17-7-4-3-5-8-17)14-6-13-22-20(25)16-24(2)28(26,27)19-11-9-18(21)10-12-19/h3-5,7-12H,6,13-16H2,1-2H3,(H,22,25). The van der Waals surface area contributed by atoms with Gasteiger partial charge in [-0.05, 0) is 49.8 Å². The van der Waals surface area contributed by atoms with Crippen LogP contribution >= 0.6 is 0 Å². The zero-order chi connectivity index (χ0) is 20.6. The molecule has 0 bridgehead atoms. The summed E-state index contributed by atoms with van der Waals surface area (Å²) in [6.07, 6.45) is 0.753. The molecule has 0 unspecified atom stereocenters. The van der Waals surface area contributed by atoms with Crippen LogP contribution in [0.2, 0.25) is 0 Å². The van der Waals surface area contributed by atoms with E-state index in [2.05, 4.69) is 22.3 Å². The van der Waals surface area contributed by atoms with Crippen molar-refractivity contribution < 1.29 is 17.6 Å². The van der Waals surface area contributed by atoms with Crippen LogP contribution in [0.15, 0.2) is 59.5 Å². The number of carbonyl (C=O) groups excluding carboxylic acids is 1. The molecule has 0 heterocycles. The zero-order valence-corrected chi connectivity index (χ0v) is 17.0. The fraction of sp³-hybridized carbons (Fsp3) is 0.350. The van der Waals surface area contributed by atoms with Gasteiger partial charge < -0.3 is 10.2 Å². The van der Waals surface area contributed by atoms with Crippen molar-refractivity contribution >= 4 is 15.9 Å². The number of benzene rings is 2. The van der Waals surface area contributed by atoms with Gasteiger partial charge in [-0.1, -0.05) is 30.3 Å². The number of hydrogen-bond donors (Lipinski definition) is 1. The van der Waals surface area contributed by atoms with Crippen LogP contribution in [0.1, 0.15) is 12.0 Å². The first-order chi connectivity index (χ1) is 13.3. The first kappa shape index (κ1) is 22.0. The summed E-state index contributed by atoms with van der Waals surface area (Å²) in [5.74, 6) is -0.893. The van der Waals surface area contributed by atoms with Crippen LogP contribution in [0.4, 0.5) is 4.39 Å². The van der Waals surface area contributed by atoms with Crippen LogP contribution in [-0.2, 0) is 21.4 Å². The number of likely N-dealkylation sites (N-methyl/N-ethyl adjacent to an activating group) is 1. The van der Waals surface area contributed by atoms with E-state index in [0.717, 1.165) is 35.9 Å². The fourth-order valence-electron chi connectivity index (χ4n) is 2.68. The quantitative estimate of drug-likeness (QED) is 0.613. The molecular weight excluding hydrogens is 381 g/mol. The van der Waals surface area contributed by atoms with Gasteiger partial charge in [0.1, 0.15) is 5.82 Å². The molecule has 0 radical (unpaired) electrons. The molecular formula is C20H26FN3O3S. The minimum atomic E-state index is -3.83. The predicted molar refractivity (Wildman–Crippen MR) is 107 cm³/mol. The Morgan fingerprint density at radius 3 is 2.32 bits per heavy atom. The maximum absolute atomic E-state index is 13.0. The van der Waals surface area contributed by atoms with E-state index in [4.69, 9.17) is 0 Å². The highest BCUT2D eigenvalue weighted by Crippen LogP contribution is 2.14. The van der Waals surface area contributed by atoms with Gasteiger partial charge in [0, 0.05) is 20.1 Å². The summed E-state index contributed by atoms with van der Waals surface area (Å²) >= 11 is 0. The Bertz CT molecular complexity index is 858. The summed E-state index contributed by atoms with van der Waals surface area (Å²) in [4.78, 5) is 14.1. The van der Waals surface area contributed by atoms with Gasteiger partial charge in [-0.15, -0.1) is 0 Å². The lowest BCUT2D eigenvalue weighted by atomic mass is 10.2. The molecule has 152 valence electrons. The summed E-state index contributed by atoms with van der Waals surface area (Å²) < 4.78 is 38.7. The lowest BCUT2D eigenvalue weighted by molar-refractivity contribution is -0.121. The highest BCUT2D eigenvalue weighted by Gasteiger charge is 2.22. The third-order valence-corrected chi connectivity index (χ3v) is 6.04. The van der Waals surface area contributed by atoms with Gasteiger partial charge in [-0.3, -0.25) is 4.79 Å². The molecule has 2 aromatic carbocycles. The molecule has 28 heavy (non-hydrogen) atoms. The summed E-state index contributed by atoms with van der Waals surface area (Å²) in [5, 5.41) is 2.73. The van der Waals surface area contributed by atoms with E-state index in [1.165, 1.54) is 24.7 Å². The monoisotopic (exact) mass is 407 g/mol. The van der Waals surface area contributed by atoms with Gasteiger partial charge in [0.25, 0.3) is 0 Å². The largest absolute Gasteiger partial charge is 0.355 e. The lowest BCUT2D eigenvalue weighted by Gasteiger charge is -2.18. The van der Waals surface area contributed by atoms with Crippen molar-refractivity contribution in [3.63, 3.8) is 0 Å². The number of halogens is 1. The topological polar surface area (TPSA) is 69.7 Å². The molecule has 6 nitrogen and oxygen atoms in total. The van der Waals surface area contributed by atoms with Gasteiger partial charge in [-0.2, -0.15) is 4.31 Å². The van der Waals surface area contributed by atoms with E-state index in [1.807, 2.05) is 25.2 Å². The Balaban J connectivity index is 1.72. The van der Waals surface area contributed by atoms with Crippen molar-refractivity contribution in [2.45, 2.75) is 17.9 Å². The second-order valence-corrected chi connectivity index (χ2v) is 8.69. The van der Waals surface area contributed by atoms with E-state index in [-0.39, 0.29) is 17.3 Å². The Labute approximate surface area is 166 Å². The number of hydrogen-bond acceptors (Lipinski definition) is 4. The van der Waals surface area contributed by atoms with E-state index in [1.54, 1.807) is 0 Å². The van der Waals surface area contributed by atoms with Crippen molar-refractivity contribution in [3.8, 4) is 0 Å². The lowest BCUT2D eigenvalue weighted by Crippen LogP contribution is -2.39. The molecule has 2 aromatic rings. The molecule has 2 rings (SSSR count). The number of rotatable bonds is 10. The molecule has 0 fully saturated rings. The number of amides is 1. The second kappa shape index (κ2) is 10.3. The number of carbonyl (C=O) groups is 1. The molecule has 0 aliphatic heterocycles.